The first-order chi connectivity index (χ1) is 8.26. The minimum Gasteiger partial charge on any atom is -0.316 e. The van der Waals surface area contributed by atoms with Crippen molar-refractivity contribution in [2.75, 3.05) is 20.6 Å². The number of hydrogen-bond acceptors (Lipinski definition) is 2. The molecule has 0 saturated carbocycles. The summed E-state index contributed by atoms with van der Waals surface area (Å²) in [6.45, 7) is 6.84. The van der Waals surface area contributed by atoms with Crippen LogP contribution in [0.5, 0.6) is 0 Å². The first kappa shape index (κ1) is 13.9. The third kappa shape index (κ3) is 5.66. The molecule has 1 rings (SSSR count). The summed E-state index contributed by atoms with van der Waals surface area (Å²) in [4.78, 5) is 2.36. The highest BCUT2D eigenvalue weighted by molar-refractivity contribution is 5.22. The number of rotatable bonds is 8. The van der Waals surface area contributed by atoms with E-state index in [0.29, 0.717) is 0 Å². The number of unbranched alkanes of at least 4 members (excludes halogenated alkanes) is 1. The van der Waals surface area contributed by atoms with E-state index in [2.05, 4.69) is 48.1 Å². The van der Waals surface area contributed by atoms with Crippen LogP contribution in [0, 0.1) is 0 Å². The molecule has 0 aromatic heterocycles. The van der Waals surface area contributed by atoms with Crippen LogP contribution >= 0.6 is 0 Å². The largest absolute Gasteiger partial charge is 0.316 e. The van der Waals surface area contributed by atoms with Crippen LogP contribution in [0.15, 0.2) is 36.9 Å². The Labute approximate surface area is 105 Å². The average Bonchev–Trinajstić information content (AvgIpc) is 2.32. The minimum atomic E-state index is 0.940. The second-order valence-corrected chi connectivity index (χ2v) is 4.52. The van der Waals surface area contributed by atoms with Crippen molar-refractivity contribution >= 4 is 0 Å². The average molecular weight is 232 g/mol. The second-order valence-electron chi connectivity index (χ2n) is 4.52. The van der Waals surface area contributed by atoms with E-state index < -0.39 is 0 Å². The SMILES string of the molecule is C=CCCCN(C)Cc1ccc(CNC)cc1. The summed E-state index contributed by atoms with van der Waals surface area (Å²) < 4.78 is 0. The molecule has 17 heavy (non-hydrogen) atoms. The standard InChI is InChI=1S/C15H24N2/c1-4-5-6-11-17(3)13-15-9-7-14(8-10-15)12-16-2/h4,7-10,16H,1,5-6,11-13H2,2-3H3. The van der Waals surface area contributed by atoms with Gasteiger partial charge in [0, 0.05) is 13.1 Å². The molecule has 1 aromatic rings. The Bertz CT molecular complexity index is 316. The summed E-state index contributed by atoms with van der Waals surface area (Å²) in [6, 6.07) is 8.83. The Morgan fingerprint density at radius 2 is 1.88 bits per heavy atom. The molecule has 0 heterocycles. The van der Waals surface area contributed by atoms with Gasteiger partial charge in [-0.1, -0.05) is 30.3 Å². The van der Waals surface area contributed by atoms with Crippen molar-refractivity contribution in [2.45, 2.75) is 25.9 Å². The molecule has 0 amide bonds. The lowest BCUT2D eigenvalue weighted by Gasteiger charge is -2.16. The van der Waals surface area contributed by atoms with Gasteiger partial charge in [-0.15, -0.1) is 6.58 Å². The van der Waals surface area contributed by atoms with E-state index in [0.717, 1.165) is 26.1 Å². The van der Waals surface area contributed by atoms with Gasteiger partial charge in [0.05, 0.1) is 0 Å². The van der Waals surface area contributed by atoms with Gasteiger partial charge in [0.2, 0.25) is 0 Å². The molecule has 0 fully saturated rings. The number of nitrogens with zero attached hydrogens (tertiary/aromatic N) is 1. The molecular weight excluding hydrogens is 208 g/mol. The predicted molar refractivity (Wildman–Crippen MR) is 75.0 cm³/mol. The highest BCUT2D eigenvalue weighted by Crippen LogP contribution is 2.07. The van der Waals surface area contributed by atoms with E-state index >= 15 is 0 Å². The zero-order valence-corrected chi connectivity index (χ0v) is 11.1. The van der Waals surface area contributed by atoms with Crippen molar-refractivity contribution in [2.24, 2.45) is 0 Å². The predicted octanol–water partition coefficient (Wildman–Crippen LogP) is 2.80. The maximum absolute atomic E-state index is 3.74. The quantitative estimate of drug-likeness (QED) is 0.548. The number of allylic oxidation sites excluding steroid dienone is 1. The van der Waals surface area contributed by atoms with Crippen LogP contribution in [-0.2, 0) is 13.1 Å². The van der Waals surface area contributed by atoms with Gasteiger partial charge in [0.25, 0.3) is 0 Å². The van der Waals surface area contributed by atoms with E-state index in [1.54, 1.807) is 0 Å². The molecule has 0 aliphatic rings. The monoisotopic (exact) mass is 232 g/mol. The van der Waals surface area contributed by atoms with Gasteiger partial charge in [-0.05, 0) is 44.6 Å². The number of hydrogen-bond donors (Lipinski definition) is 1. The zero-order chi connectivity index (χ0) is 12.5. The molecule has 94 valence electrons. The Morgan fingerprint density at radius 3 is 2.47 bits per heavy atom. The van der Waals surface area contributed by atoms with Gasteiger partial charge in [0.15, 0.2) is 0 Å². The summed E-state index contributed by atoms with van der Waals surface area (Å²) in [7, 11) is 4.14. The highest BCUT2D eigenvalue weighted by Gasteiger charge is 1.99. The Hall–Kier alpha value is -1.12. The molecule has 0 unspecified atom stereocenters. The van der Waals surface area contributed by atoms with Crippen molar-refractivity contribution in [1.82, 2.24) is 10.2 Å². The summed E-state index contributed by atoms with van der Waals surface area (Å²) in [5, 5.41) is 3.16. The van der Waals surface area contributed by atoms with Crippen molar-refractivity contribution in [3.05, 3.63) is 48.0 Å². The fourth-order valence-corrected chi connectivity index (χ4v) is 1.86. The molecule has 0 aliphatic carbocycles. The molecule has 0 radical (unpaired) electrons. The van der Waals surface area contributed by atoms with E-state index in [1.165, 1.54) is 17.5 Å². The van der Waals surface area contributed by atoms with Gasteiger partial charge in [-0.2, -0.15) is 0 Å². The van der Waals surface area contributed by atoms with Gasteiger partial charge >= 0.3 is 0 Å². The number of benzene rings is 1. The lowest BCUT2D eigenvalue weighted by molar-refractivity contribution is 0.323. The van der Waals surface area contributed by atoms with Crippen LogP contribution in [0.2, 0.25) is 0 Å². The van der Waals surface area contributed by atoms with Crippen LogP contribution in [0.3, 0.4) is 0 Å². The minimum absolute atomic E-state index is 0.940. The van der Waals surface area contributed by atoms with Crippen LogP contribution < -0.4 is 5.32 Å². The van der Waals surface area contributed by atoms with E-state index in [1.807, 2.05) is 13.1 Å². The Morgan fingerprint density at radius 1 is 1.24 bits per heavy atom. The van der Waals surface area contributed by atoms with Crippen LogP contribution in [0.25, 0.3) is 0 Å². The fraction of sp³-hybridized carbons (Fsp3) is 0.467. The summed E-state index contributed by atoms with van der Waals surface area (Å²) in [5.41, 5.74) is 2.72. The molecule has 2 nitrogen and oxygen atoms in total. The van der Waals surface area contributed by atoms with E-state index in [4.69, 9.17) is 0 Å². The van der Waals surface area contributed by atoms with Gasteiger partial charge < -0.3 is 10.2 Å². The van der Waals surface area contributed by atoms with E-state index in [9.17, 15) is 0 Å². The molecule has 0 spiro atoms. The van der Waals surface area contributed by atoms with Crippen molar-refractivity contribution in [1.29, 1.82) is 0 Å². The summed E-state index contributed by atoms with van der Waals surface area (Å²) >= 11 is 0. The van der Waals surface area contributed by atoms with Crippen molar-refractivity contribution in [3.63, 3.8) is 0 Å². The summed E-state index contributed by atoms with van der Waals surface area (Å²) in [6.07, 6.45) is 4.28. The van der Waals surface area contributed by atoms with Crippen LogP contribution in [0.1, 0.15) is 24.0 Å². The lowest BCUT2D eigenvalue weighted by atomic mass is 10.1. The molecular formula is C15H24N2. The third-order valence-corrected chi connectivity index (χ3v) is 2.80. The van der Waals surface area contributed by atoms with Crippen LogP contribution in [0.4, 0.5) is 0 Å². The van der Waals surface area contributed by atoms with Gasteiger partial charge in [-0.3, -0.25) is 0 Å². The maximum atomic E-state index is 3.74. The molecule has 0 atom stereocenters. The molecule has 1 aromatic carbocycles. The lowest BCUT2D eigenvalue weighted by Crippen LogP contribution is -2.18. The van der Waals surface area contributed by atoms with E-state index in [-0.39, 0.29) is 0 Å². The normalized spacial score (nSPS) is 10.8. The second kappa shape index (κ2) is 8.04. The highest BCUT2D eigenvalue weighted by atomic mass is 15.1. The topological polar surface area (TPSA) is 15.3 Å². The Balaban J connectivity index is 2.37. The zero-order valence-electron chi connectivity index (χ0n) is 11.1. The van der Waals surface area contributed by atoms with Crippen LogP contribution in [-0.4, -0.2) is 25.5 Å². The molecule has 0 saturated heterocycles. The third-order valence-electron chi connectivity index (χ3n) is 2.80. The first-order valence-electron chi connectivity index (χ1n) is 6.28. The fourth-order valence-electron chi connectivity index (χ4n) is 1.86. The molecule has 0 aliphatic heterocycles. The number of nitrogens with one attached hydrogen (secondary N) is 1. The smallest absolute Gasteiger partial charge is 0.0230 e. The molecule has 0 bridgehead atoms. The molecule has 1 N–H and O–H groups in total. The molecule has 2 heteroatoms. The first-order valence-corrected chi connectivity index (χ1v) is 6.28. The van der Waals surface area contributed by atoms with Crippen molar-refractivity contribution < 1.29 is 0 Å². The summed E-state index contributed by atoms with van der Waals surface area (Å²) in [5.74, 6) is 0. The Kier molecular flexibility index (Phi) is 6.60. The van der Waals surface area contributed by atoms with Gasteiger partial charge in [-0.25, -0.2) is 0 Å². The maximum Gasteiger partial charge on any atom is 0.0230 e. The van der Waals surface area contributed by atoms with Gasteiger partial charge in [0.1, 0.15) is 0 Å². The van der Waals surface area contributed by atoms with Crippen molar-refractivity contribution in [3.8, 4) is 0 Å².